The number of hydrogen-bond acceptors (Lipinski definition) is 4. The minimum absolute atomic E-state index is 0.124. The highest BCUT2D eigenvalue weighted by atomic mass is 16.5. The highest BCUT2D eigenvalue weighted by Gasteiger charge is 2.21. The minimum atomic E-state index is -0.124. The molecule has 0 fully saturated rings. The van der Waals surface area contributed by atoms with Crippen molar-refractivity contribution in [3.63, 3.8) is 0 Å². The lowest BCUT2D eigenvalue weighted by Gasteiger charge is -2.23. The van der Waals surface area contributed by atoms with Gasteiger partial charge in [-0.2, -0.15) is 0 Å². The lowest BCUT2D eigenvalue weighted by Crippen LogP contribution is -2.27. The van der Waals surface area contributed by atoms with Gasteiger partial charge in [0.15, 0.2) is 0 Å². The number of fused-ring (bicyclic) bond motifs is 4. The van der Waals surface area contributed by atoms with Crippen molar-refractivity contribution in [3.05, 3.63) is 94.4 Å². The molecule has 6 rings (SSSR count). The first-order valence-electron chi connectivity index (χ1n) is 12.1. The summed E-state index contributed by atoms with van der Waals surface area (Å²) in [5.74, 6) is 0.534. The van der Waals surface area contributed by atoms with Gasteiger partial charge in [-0.25, -0.2) is 4.98 Å². The molecular formula is C28H31N5O2. The summed E-state index contributed by atoms with van der Waals surface area (Å²) in [6.07, 6.45) is 6.72. The lowest BCUT2D eigenvalue weighted by atomic mass is 10.0. The van der Waals surface area contributed by atoms with Crippen LogP contribution in [0.25, 0.3) is 22.2 Å². The second-order valence-corrected chi connectivity index (χ2v) is 8.73. The molecule has 0 spiro atoms. The highest BCUT2D eigenvalue weighted by molar-refractivity contribution is 5.87. The average molecular weight is 470 g/mol. The van der Waals surface area contributed by atoms with Crippen LogP contribution in [0, 0.1) is 0 Å². The largest absolute Gasteiger partial charge is 0.487 e. The van der Waals surface area contributed by atoms with Crippen LogP contribution < -0.4 is 10.3 Å². The Kier molecular flexibility index (Phi) is 6.17. The average Bonchev–Trinajstić information content (AvgIpc) is 3.42. The van der Waals surface area contributed by atoms with Crippen molar-refractivity contribution in [1.29, 1.82) is 0 Å². The molecule has 0 amide bonds. The van der Waals surface area contributed by atoms with Crippen LogP contribution in [0.15, 0.2) is 71.9 Å². The summed E-state index contributed by atoms with van der Waals surface area (Å²) in [6, 6.07) is 15.5. The summed E-state index contributed by atoms with van der Waals surface area (Å²) in [5.41, 5.74) is 6.36. The molecule has 5 heterocycles. The molecule has 0 atom stereocenters. The zero-order chi connectivity index (χ0) is 24.5. The number of ether oxygens (including phenoxy) is 1. The molecule has 0 saturated carbocycles. The third-order valence-electron chi connectivity index (χ3n) is 6.55. The third-order valence-corrected chi connectivity index (χ3v) is 6.55. The number of nitrogens with zero attached hydrogens (tertiary/aromatic N) is 5. The van der Waals surface area contributed by atoms with Gasteiger partial charge in [-0.15, -0.1) is 0 Å². The normalized spacial score (nSPS) is 13.5. The van der Waals surface area contributed by atoms with Gasteiger partial charge in [0.25, 0.3) is 5.56 Å². The van der Waals surface area contributed by atoms with Crippen LogP contribution in [-0.4, -0.2) is 37.0 Å². The second kappa shape index (κ2) is 9.43. The fraction of sp³-hybridized carbons (Fsp3) is 0.286. The summed E-state index contributed by atoms with van der Waals surface area (Å²) >= 11 is 0. The summed E-state index contributed by atoms with van der Waals surface area (Å²) in [7, 11) is 4.27. The van der Waals surface area contributed by atoms with Gasteiger partial charge in [0.1, 0.15) is 18.0 Å². The maximum Gasteiger partial charge on any atom is 0.258 e. The van der Waals surface area contributed by atoms with Crippen LogP contribution in [-0.2, 0) is 26.6 Å². The number of imidazole rings is 1. The van der Waals surface area contributed by atoms with E-state index in [1.54, 1.807) is 10.8 Å². The van der Waals surface area contributed by atoms with E-state index in [0.717, 1.165) is 42.1 Å². The van der Waals surface area contributed by atoms with Gasteiger partial charge in [0, 0.05) is 55.9 Å². The summed E-state index contributed by atoms with van der Waals surface area (Å²) in [4.78, 5) is 19.8. The van der Waals surface area contributed by atoms with Gasteiger partial charge < -0.3 is 18.6 Å². The Morgan fingerprint density at radius 2 is 1.89 bits per heavy atom. The maximum absolute atomic E-state index is 12.9. The molecule has 0 radical (unpaired) electrons. The van der Waals surface area contributed by atoms with E-state index in [4.69, 9.17) is 4.74 Å². The van der Waals surface area contributed by atoms with Crippen LogP contribution in [0.2, 0.25) is 0 Å². The molecule has 1 aliphatic rings. The molecule has 7 heteroatoms. The molecule has 0 unspecified atom stereocenters. The van der Waals surface area contributed by atoms with Crippen molar-refractivity contribution >= 4 is 16.6 Å². The number of aryl methyl sites for hydroxylation is 1. The molecule has 0 bridgehead atoms. The van der Waals surface area contributed by atoms with Gasteiger partial charge in [-0.05, 0) is 49.4 Å². The van der Waals surface area contributed by atoms with Crippen LogP contribution in [0.4, 0.5) is 0 Å². The SMILES string of the molecule is CC.CN1CCc2c(n(C)c3cc(-n4ccc(OCc5cn6ccccc6n5)cc4=O)ccc23)C1. The van der Waals surface area contributed by atoms with E-state index in [9.17, 15) is 4.79 Å². The molecule has 0 aliphatic carbocycles. The molecule has 180 valence electrons. The number of rotatable bonds is 4. The Bertz CT molecular complexity index is 1530. The van der Waals surface area contributed by atoms with E-state index in [-0.39, 0.29) is 5.56 Å². The van der Waals surface area contributed by atoms with E-state index in [1.165, 1.54) is 22.7 Å². The fourth-order valence-electron chi connectivity index (χ4n) is 4.80. The molecule has 4 aromatic heterocycles. The van der Waals surface area contributed by atoms with Gasteiger partial charge in [-0.1, -0.05) is 26.0 Å². The number of aromatic nitrogens is 4. The van der Waals surface area contributed by atoms with Crippen LogP contribution in [0.5, 0.6) is 5.75 Å². The van der Waals surface area contributed by atoms with Crippen LogP contribution in [0.3, 0.4) is 0 Å². The first-order valence-corrected chi connectivity index (χ1v) is 12.1. The molecule has 0 saturated heterocycles. The van der Waals surface area contributed by atoms with Crippen molar-refractivity contribution in [2.75, 3.05) is 13.6 Å². The highest BCUT2D eigenvalue weighted by Crippen LogP contribution is 2.31. The van der Waals surface area contributed by atoms with Crippen molar-refractivity contribution in [2.24, 2.45) is 7.05 Å². The Balaban J connectivity index is 0.00000124. The Hall–Kier alpha value is -3.84. The van der Waals surface area contributed by atoms with Gasteiger partial charge in [-0.3, -0.25) is 9.36 Å². The van der Waals surface area contributed by atoms with E-state index in [2.05, 4.69) is 40.7 Å². The zero-order valence-electron chi connectivity index (χ0n) is 20.7. The standard InChI is InChI=1S/C26H25N5O2.C2H6/c1-28-11-9-22-21-7-6-19(13-23(21)29(2)24(22)16-28)31-12-8-20(14-26(31)32)33-17-18-15-30-10-4-3-5-25(30)27-18;1-2/h3-8,10,12-15H,9,11,16-17H2,1-2H3;1-2H3. The van der Waals surface area contributed by atoms with E-state index in [1.807, 2.05) is 61.0 Å². The number of likely N-dealkylation sites (N-methyl/N-ethyl adjacent to an activating group) is 1. The number of benzene rings is 1. The molecular weight excluding hydrogens is 438 g/mol. The number of pyridine rings is 2. The summed E-state index contributed by atoms with van der Waals surface area (Å²) in [6.45, 7) is 6.33. The second-order valence-electron chi connectivity index (χ2n) is 8.73. The fourth-order valence-corrected chi connectivity index (χ4v) is 4.80. The van der Waals surface area contributed by atoms with E-state index in [0.29, 0.717) is 12.4 Å². The Morgan fingerprint density at radius 1 is 1.03 bits per heavy atom. The van der Waals surface area contributed by atoms with Crippen LogP contribution in [0.1, 0.15) is 30.8 Å². The zero-order valence-corrected chi connectivity index (χ0v) is 20.7. The topological polar surface area (TPSA) is 56.7 Å². The monoisotopic (exact) mass is 469 g/mol. The molecule has 1 aliphatic heterocycles. The lowest BCUT2D eigenvalue weighted by molar-refractivity contribution is 0.301. The first kappa shape index (κ1) is 22.9. The molecule has 7 nitrogen and oxygen atoms in total. The predicted octanol–water partition coefficient (Wildman–Crippen LogP) is 4.57. The minimum Gasteiger partial charge on any atom is -0.487 e. The Labute approximate surface area is 204 Å². The smallest absolute Gasteiger partial charge is 0.258 e. The summed E-state index contributed by atoms with van der Waals surface area (Å²) < 4.78 is 11.7. The predicted molar refractivity (Wildman–Crippen MR) is 139 cm³/mol. The Morgan fingerprint density at radius 3 is 2.69 bits per heavy atom. The van der Waals surface area contributed by atoms with Crippen LogP contribution >= 0.6 is 0 Å². The number of hydrogen-bond donors (Lipinski definition) is 0. The molecule has 0 N–H and O–H groups in total. The van der Waals surface area contributed by atoms with Crippen molar-refractivity contribution in [3.8, 4) is 11.4 Å². The van der Waals surface area contributed by atoms with Gasteiger partial charge >= 0.3 is 0 Å². The third kappa shape index (κ3) is 4.23. The quantitative estimate of drug-likeness (QED) is 0.387. The molecule has 1 aromatic carbocycles. The summed E-state index contributed by atoms with van der Waals surface area (Å²) in [5, 5.41) is 1.28. The van der Waals surface area contributed by atoms with Gasteiger partial charge in [0.05, 0.1) is 16.9 Å². The van der Waals surface area contributed by atoms with Crippen molar-refractivity contribution < 1.29 is 4.74 Å². The maximum atomic E-state index is 12.9. The van der Waals surface area contributed by atoms with Gasteiger partial charge in [0.2, 0.25) is 0 Å². The molecule has 5 aromatic rings. The van der Waals surface area contributed by atoms with Crippen molar-refractivity contribution in [2.45, 2.75) is 33.4 Å². The van der Waals surface area contributed by atoms with Crippen molar-refractivity contribution in [1.82, 2.24) is 23.4 Å². The first-order chi connectivity index (χ1) is 17.1. The van der Waals surface area contributed by atoms with E-state index >= 15 is 0 Å². The molecule has 35 heavy (non-hydrogen) atoms. The van der Waals surface area contributed by atoms with E-state index < -0.39 is 0 Å².